The third kappa shape index (κ3) is 2.56. The zero-order chi connectivity index (χ0) is 15.9. The van der Waals surface area contributed by atoms with E-state index in [-0.39, 0.29) is 29.6 Å². The van der Waals surface area contributed by atoms with Gasteiger partial charge in [0, 0.05) is 13.1 Å². The molecule has 0 spiro atoms. The smallest absolute Gasteiger partial charge is 0.273 e. The Kier molecular flexibility index (Phi) is 3.60. The molecule has 1 aliphatic carbocycles. The number of amides is 1. The summed E-state index contributed by atoms with van der Waals surface area (Å²) < 4.78 is 1.10. The van der Waals surface area contributed by atoms with Crippen LogP contribution in [0.4, 0.5) is 0 Å². The van der Waals surface area contributed by atoms with Gasteiger partial charge in [0.15, 0.2) is 0 Å². The summed E-state index contributed by atoms with van der Waals surface area (Å²) in [4.78, 5) is 38.4. The average Bonchev–Trinajstić information content (AvgIpc) is 3.35. The van der Waals surface area contributed by atoms with E-state index >= 15 is 0 Å². The highest BCUT2D eigenvalue weighted by Gasteiger charge is 2.32. The number of nitrogens with one attached hydrogen (secondary N) is 1. The predicted molar refractivity (Wildman–Crippen MR) is 83.8 cm³/mol. The zero-order valence-corrected chi connectivity index (χ0v) is 12.7. The topological polar surface area (TPSA) is 75.2 Å². The fourth-order valence-corrected chi connectivity index (χ4v) is 2.73. The van der Waals surface area contributed by atoms with Crippen LogP contribution in [0.25, 0.3) is 10.8 Å². The number of aromatic nitrogens is 2. The first-order valence-electron chi connectivity index (χ1n) is 7.46. The molecule has 1 saturated carbocycles. The van der Waals surface area contributed by atoms with Crippen LogP contribution in [-0.4, -0.2) is 33.7 Å². The number of hydrogen-bond acceptors (Lipinski definition) is 3. The summed E-state index contributed by atoms with van der Waals surface area (Å²) in [5.74, 6) is 0.383. The van der Waals surface area contributed by atoms with E-state index in [1.165, 1.54) is 0 Å². The SMILES string of the molecule is C[C@@H](C1CC1)N(C)C(=O)Cn1[nH]c(=O)c2ccccc2c1=O. The number of H-pyrrole nitrogens is 1. The lowest BCUT2D eigenvalue weighted by Crippen LogP contribution is -2.41. The van der Waals surface area contributed by atoms with E-state index in [4.69, 9.17) is 0 Å². The molecule has 6 heteroatoms. The van der Waals surface area contributed by atoms with Crippen molar-refractivity contribution in [1.29, 1.82) is 0 Å². The molecule has 0 saturated heterocycles. The van der Waals surface area contributed by atoms with Crippen LogP contribution in [0, 0.1) is 5.92 Å². The normalized spacial score (nSPS) is 15.7. The molecule has 1 aliphatic rings. The minimum atomic E-state index is -0.360. The van der Waals surface area contributed by atoms with E-state index in [0.717, 1.165) is 17.5 Å². The maximum Gasteiger partial charge on any atom is 0.273 e. The zero-order valence-electron chi connectivity index (χ0n) is 12.7. The summed E-state index contributed by atoms with van der Waals surface area (Å²) in [6.45, 7) is 1.87. The van der Waals surface area contributed by atoms with Crippen LogP contribution >= 0.6 is 0 Å². The number of nitrogens with zero attached hydrogens (tertiary/aromatic N) is 2. The number of hydrogen-bond donors (Lipinski definition) is 1. The Morgan fingerprint density at radius 1 is 1.32 bits per heavy atom. The maximum absolute atomic E-state index is 12.4. The molecule has 1 N–H and O–H groups in total. The van der Waals surface area contributed by atoms with Crippen LogP contribution in [0.3, 0.4) is 0 Å². The lowest BCUT2D eigenvalue weighted by Gasteiger charge is -2.25. The van der Waals surface area contributed by atoms with Gasteiger partial charge in [-0.25, -0.2) is 4.68 Å². The van der Waals surface area contributed by atoms with E-state index in [9.17, 15) is 14.4 Å². The number of rotatable bonds is 4. The van der Waals surface area contributed by atoms with Gasteiger partial charge in [-0.3, -0.25) is 19.5 Å². The van der Waals surface area contributed by atoms with Crippen LogP contribution in [0.15, 0.2) is 33.9 Å². The first-order valence-corrected chi connectivity index (χ1v) is 7.46. The molecule has 116 valence electrons. The number of likely N-dealkylation sites (N-methyl/N-ethyl adjacent to an activating group) is 1. The van der Waals surface area contributed by atoms with Crippen molar-refractivity contribution in [1.82, 2.24) is 14.7 Å². The van der Waals surface area contributed by atoms with Crippen molar-refractivity contribution in [3.05, 3.63) is 45.0 Å². The third-order valence-electron chi connectivity index (χ3n) is 4.49. The van der Waals surface area contributed by atoms with Crippen molar-refractivity contribution >= 4 is 16.7 Å². The van der Waals surface area contributed by atoms with Gasteiger partial charge in [-0.1, -0.05) is 12.1 Å². The second kappa shape index (κ2) is 5.44. The van der Waals surface area contributed by atoms with Crippen molar-refractivity contribution in [2.75, 3.05) is 7.05 Å². The molecule has 2 aromatic rings. The van der Waals surface area contributed by atoms with Gasteiger partial charge in [-0.15, -0.1) is 0 Å². The van der Waals surface area contributed by atoms with Gasteiger partial charge >= 0.3 is 0 Å². The van der Waals surface area contributed by atoms with Crippen LogP contribution in [0.5, 0.6) is 0 Å². The molecule has 0 bridgehead atoms. The molecule has 22 heavy (non-hydrogen) atoms. The summed E-state index contributed by atoms with van der Waals surface area (Å²) in [5.41, 5.74) is -0.711. The highest BCUT2D eigenvalue weighted by atomic mass is 16.2. The number of benzene rings is 1. The fraction of sp³-hybridized carbons (Fsp3) is 0.438. The van der Waals surface area contributed by atoms with Gasteiger partial charge in [0.05, 0.1) is 10.8 Å². The Bertz CT molecular complexity index is 832. The minimum absolute atomic E-state index is 0.146. The summed E-state index contributed by atoms with van der Waals surface area (Å²) in [6.07, 6.45) is 2.29. The molecule has 1 heterocycles. The number of aromatic amines is 1. The molecule has 0 unspecified atom stereocenters. The van der Waals surface area contributed by atoms with Gasteiger partial charge in [-0.05, 0) is 37.8 Å². The molecule has 1 atom stereocenters. The van der Waals surface area contributed by atoms with Crippen LogP contribution in [0.1, 0.15) is 19.8 Å². The Morgan fingerprint density at radius 2 is 1.95 bits per heavy atom. The summed E-state index contributed by atoms with van der Waals surface area (Å²) in [5, 5.41) is 3.16. The number of carbonyl (C=O) groups excluding carboxylic acids is 1. The van der Waals surface area contributed by atoms with Crippen molar-refractivity contribution in [3.63, 3.8) is 0 Å². The Balaban J connectivity index is 1.90. The number of carbonyl (C=O) groups is 1. The van der Waals surface area contributed by atoms with E-state index in [1.54, 1.807) is 36.2 Å². The highest BCUT2D eigenvalue weighted by molar-refractivity contribution is 5.81. The molecule has 1 aromatic heterocycles. The highest BCUT2D eigenvalue weighted by Crippen LogP contribution is 2.34. The third-order valence-corrected chi connectivity index (χ3v) is 4.49. The van der Waals surface area contributed by atoms with E-state index < -0.39 is 0 Å². The second-order valence-corrected chi connectivity index (χ2v) is 5.96. The first kappa shape index (κ1) is 14.6. The van der Waals surface area contributed by atoms with Crippen molar-refractivity contribution < 1.29 is 4.79 Å². The van der Waals surface area contributed by atoms with Crippen LogP contribution < -0.4 is 11.1 Å². The van der Waals surface area contributed by atoms with E-state index in [2.05, 4.69) is 5.10 Å². The minimum Gasteiger partial charge on any atom is -0.341 e. The Morgan fingerprint density at radius 3 is 2.59 bits per heavy atom. The number of fused-ring (bicyclic) bond motifs is 1. The standard InChI is InChI=1S/C16H19N3O3/c1-10(11-7-8-11)18(2)14(20)9-19-16(22)13-6-4-3-5-12(13)15(21)17-19/h3-6,10-11H,7-9H2,1-2H3,(H,17,21)/t10-/m0/s1. The molecule has 3 rings (SSSR count). The quantitative estimate of drug-likeness (QED) is 0.913. The Labute approximate surface area is 127 Å². The first-order chi connectivity index (χ1) is 10.5. The summed E-state index contributed by atoms with van der Waals surface area (Å²) in [7, 11) is 1.75. The molecule has 1 fully saturated rings. The average molecular weight is 301 g/mol. The molecule has 1 aromatic carbocycles. The second-order valence-electron chi connectivity index (χ2n) is 5.96. The lowest BCUT2D eigenvalue weighted by molar-refractivity contribution is -0.133. The molecular weight excluding hydrogens is 282 g/mol. The van der Waals surface area contributed by atoms with Crippen LogP contribution in [-0.2, 0) is 11.3 Å². The molecule has 0 aliphatic heterocycles. The van der Waals surface area contributed by atoms with Crippen molar-refractivity contribution in [2.45, 2.75) is 32.4 Å². The Hall–Kier alpha value is -2.37. The van der Waals surface area contributed by atoms with Gasteiger partial charge in [0.2, 0.25) is 5.91 Å². The largest absolute Gasteiger partial charge is 0.341 e. The van der Waals surface area contributed by atoms with Crippen molar-refractivity contribution in [2.24, 2.45) is 5.92 Å². The van der Waals surface area contributed by atoms with Gasteiger partial charge in [0.1, 0.15) is 6.54 Å². The van der Waals surface area contributed by atoms with Crippen LogP contribution in [0.2, 0.25) is 0 Å². The van der Waals surface area contributed by atoms with Gasteiger partial charge < -0.3 is 4.90 Å². The monoisotopic (exact) mass is 301 g/mol. The maximum atomic E-state index is 12.4. The molecule has 0 radical (unpaired) electrons. The lowest BCUT2D eigenvalue weighted by atomic mass is 10.2. The fourth-order valence-electron chi connectivity index (χ4n) is 2.73. The van der Waals surface area contributed by atoms with E-state index in [1.807, 2.05) is 6.92 Å². The van der Waals surface area contributed by atoms with Gasteiger partial charge in [0.25, 0.3) is 11.1 Å². The van der Waals surface area contributed by atoms with Crippen molar-refractivity contribution in [3.8, 4) is 0 Å². The summed E-state index contributed by atoms with van der Waals surface area (Å²) >= 11 is 0. The predicted octanol–water partition coefficient (Wildman–Crippen LogP) is 0.947. The molecule has 1 amide bonds. The molecule has 6 nitrogen and oxygen atoms in total. The van der Waals surface area contributed by atoms with Gasteiger partial charge in [-0.2, -0.15) is 0 Å². The van der Waals surface area contributed by atoms with E-state index in [0.29, 0.717) is 16.7 Å². The summed E-state index contributed by atoms with van der Waals surface area (Å²) in [6, 6.07) is 6.78. The molecular formula is C16H19N3O3.